The van der Waals surface area contributed by atoms with Crippen molar-refractivity contribution < 1.29 is 0 Å². The first-order valence-electron chi connectivity index (χ1n) is 10.8. The largest absolute Gasteiger partial charge is 0.357 e. The number of rotatable bonds is 5. The van der Waals surface area contributed by atoms with Crippen LogP contribution in [0.1, 0.15) is 48.2 Å². The number of aromatic nitrogens is 6. The van der Waals surface area contributed by atoms with Crippen LogP contribution in [0.25, 0.3) is 5.65 Å². The van der Waals surface area contributed by atoms with Gasteiger partial charge in [-0.05, 0) is 31.9 Å². The lowest BCUT2D eigenvalue weighted by atomic mass is 10.1. The van der Waals surface area contributed by atoms with Crippen LogP contribution in [0.4, 0.5) is 23.3 Å². The molecule has 1 atom stereocenters. The zero-order chi connectivity index (χ0) is 23.4. The molecule has 0 unspecified atom stereocenters. The summed E-state index contributed by atoms with van der Waals surface area (Å²) in [5, 5.41) is 37.5. The molecule has 168 valence electrons. The van der Waals surface area contributed by atoms with Gasteiger partial charge in [-0.25, -0.2) is 0 Å². The molecule has 12 heteroatoms. The summed E-state index contributed by atoms with van der Waals surface area (Å²) in [7, 11) is 0. The van der Waals surface area contributed by atoms with Crippen LogP contribution in [-0.2, 0) is 6.54 Å². The maximum atomic E-state index is 9.67. The fourth-order valence-corrected chi connectivity index (χ4v) is 4.45. The lowest BCUT2D eigenvalue weighted by Crippen LogP contribution is -2.20. The van der Waals surface area contributed by atoms with Gasteiger partial charge in [0.15, 0.2) is 5.65 Å². The predicted molar refractivity (Wildman–Crippen MR) is 125 cm³/mol. The Kier molecular flexibility index (Phi) is 4.54. The quantitative estimate of drug-likeness (QED) is 0.396. The summed E-state index contributed by atoms with van der Waals surface area (Å²) in [5.74, 6) is 0.739. The second-order valence-electron chi connectivity index (χ2n) is 8.40. The minimum absolute atomic E-state index is 0.0416. The van der Waals surface area contributed by atoms with E-state index in [-0.39, 0.29) is 12.0 Å². The molecule has 1 aliphatic heterocycles. The van der Waals surface area contributed by atoms with Crippen LogP contribution >= 0.6 is 11.6 Å². The van der Waals surface area contributed by atoms with Crippen molar-refractivity contribution in [2.75, 3.05) is 15.5 Å². The first-order valence-corrected chi connectivity index (χ1v) is 11.2. The molecule has 1 aliphatic carbocycles. The zero-order valence-electron chi connectivity index (χ0n) is 18.0. The maximum absolute atomic E-state index is 9.67. The number of hydrogen-bond donors (Lipinski definition) is 3. The molecule has 11 nitrogen and oxygen atoms in total. The van der Waals surface area contributed by atoms with Gasteiger partial charge in [0, 0.05) is 11.6 Å². The third kappa shape index (κ3) is 3.26. The van der Waals surface area contributed by atoms with Crippen LogP contribution in [0.3, 0.4) is 0 Å². The molecule has 4 heterocycles. The van der Waals surface area contributed by atoms with Crippen molar-refractivity contribution in [3.63, 3.8) is 0 Å². The van der Waals surface area contributed by atoms with Crippen LogP contribution < -0.4 is 15.5 Å². The van der Waals surface area contributed by atoms with E-state index in [0.29, 0.717) is 46.0 Å². The van der Waals surface area contributed by atoms with Gasteiger partial charge in [-0.2, -0.15) is 35.2 Å². The fourth-order valence-electron chi connectivity index (χ4n) is 4.19. The molecule has 4 aromatic rings. The Labute approximate surface area is 199 Å². The van der Waals surface area contributed by atoms with Crippen molar-refractivity contribution in [3.8, 4) is 12.1 Å². The molecule has 0 spiro atoms. The standard InChI is InChI=1S/C22H18ClN11/c1-11-15-9-26-32-17(15)10-33(11)18-5-12(6-24)4-16(19(18)23)29-21-30-20-13(7-25)8-27-34(20)22(31-21)28-14-2-3-14/h4-5,8-9,11,14H,2-3,10H2,1H3,(H,26,32)(H2,28,29,30,31)/t11-/m1/s1. The molecule has 0 amide bonds. The van der Waals surface area contributed by atoms with Crippen LogP contribution in [0.5, 0.6) is 0 Å². The molecular weight excluding hydrogens is 454 g/mol. The Morgan fingerprint density at radius 1 is 1.18 bits per heavy atom. The topological polar surface area (TPSA) is 147 Å². The van der Waals surface area contributed by atoms with Crippen LogP contribution in [0, 0.1) is 22.7 Å². The monoisotopic (exact) mass is 471 g/mol. The number of anilines is 4. The molecule has 3 N–H and O–H groups in total. The van der Waals surface area contributed by atoms with Crippen molar-refractivity contribution in [2.45, 2.75) is 38.4 Å². The Balaban J connectivity index is 1.41. The van der Waals surface area contributed by atoms with E-state index in [9.17, 15) is 10.5 Å². The summed E-state index contributed by atoms with van der Waals surface area (Å²) >= 11 is 6.85. The van der Waals surface area contributed by atoms with E-state index in [2.05, 4.69) is 59.9 Å². The van der Waals surface area contributed by atoms with Crippen molar-refractivity contribution in [3.05, 3.63) is 51.9 Å². The summed E-state index contributed by atoms with van der Waals surface area (Å²) in [5.41, 5.74) is 4.51. The minimum atomic E-state index is 0.0416. The van der Waals surface area contributed by atoms with E-state index < -0.39 is 0 Å². The maximum Gasteiger partial charge on any atom is 0.232 e. The average Bonchev–Trinajstić information content (AvgIpc) is 3.24. The smallest absolute Gasteiger partial charge is 0.232 e. The summed E-state index contributed by atoms with van der Waals surface area (Å²) < 4.78 is 1.52. The van der Waals surface area contributed by atoms with E-state index in [1.807, 2.05) is 6.20 Å². The van der Waals surface area contributed by atoms with E-state index >= 15 is 0 Å². The van der Waals surface area contributed by atoms with Gasteiger partial charge in [-0.3, -0.25) is 5.10 Å². The Hall–Kier alpha value is -4.35. The Morgan fingerprint density at radius 3 is 2.76 bits per heavy atom. The van der Waals surface area contributed by atoms with Crippen LogP contribution in [0.2, 0.25) is 5.02 Å². The first kappa shape index (κ1) is 20.3. The van der Waals surface area contributed by atoms with Crippen LogP contribution in [0.15, 0.2) is 24.5 Å². The number of benzene rings is 1. The van der Waals surface area contributed by atoms with Gasteiger partial charge < -0.3 is 15.5 Å². The number of hydrogen-bond acceptors (Lipinski definition) is 9. The number of aromatic amines is 1. The lowest BCUT2D eigenvalue weighted by molar-refractivity contribution is 0.721. The van der Waals surface area contributed by atoms with Gasteiger partial charge in [-0.15, -0.1) is 0 Å². The second kappa shape index (κ2) is 7.61. The first-order chi connectivity index (χ1) is 16.6. The highest BCUT2D eigenvalue weighted by molar-refractivity contribution is 6.36. The highest BCUT2D eigenvalue weighted by atomic mass is 35.5. The molecule has 6 rings (SSSR count). The molecule has 1 aromatic carbocycles. The van der Waals surface area contributed by atoms with Gasteiger partial charge in [0.05, 0.1) is 58.7 Å². The molecule has 0 radical (unpaired) electrons. The molecule has 0 saturated heterocycles. The SMILES string of the molecule is C[C@@H]1c2cn[nH]c2CN1c1cc(C#N)cc(Nc2nc(NC3CC3)n3ncc(C#N)c3n2)c1Cl. The molecular formula is C22H18ClN11. The average molecular weight is 472 g/mol. The molecule has 34 heavy (non-hydrogen) atoms. The van der Waals surface area contributed by atoms with Gasteiger partial charge in [0.2, 0.25) is 11.9 Å². The van der Waals surface area contributed by atoms with E-state index in [4.69, 9.17) is 11.6 Å². The number of H-pyrrole nitrogens is 1. The third-order valence-electron chi connectivity index (χ3n) is 6.14. The van der Waals surface area contributed by atoms with E-state index in [1.165, 1.54) is 10.7 Å². The zero-order valence-corrected chi connectivity index (χ0v) is 18.8. The van der Waals surface area contributed by atoms with Crippen LogP contribution in [-0.4, -0.2) is 35.8 Å². The van der Waals surface area contributed by atoms with Crippen molar-refractivity contribution >= 4 is 40.5 Å². The second-order valence-corrected chi connectivity index (χ2v) is 8.77. The highest BCUT2D eigenvalue weighted by Crippen LogP contribution is 2.43. The summed E-state index contributed by atoms with van der Waals surface area (Å²) in [6.07, 6.45) is 5.37. The van der Waals surface area contributed by atoms with Crippen molar-refractivity contribution in [1.82, 2.24) is 29.8 Å². The number of nitrogens with zero attached hydrogens (tertiary/aromatic N) is 8. The molecule has 3 aromatic heterocycles. The summed E-state index contributed by atoms with van der Waals surface area (Å²) in [6.45, 7) is 2.67. The van der Waals surface area contributed by atoms with Gasteiger partial charge in [0.1, 0.15) is 11.6 Å². The van der Waals surface area contributed by atoms with E-state index in [1.54, 1.807) is 12.1 Å². The number of fused-ring (bicyclic) bond motifs is 2. The van der Waals surface area contributed by atoms with Gasteiger partial charge >= 0.3 is 0 Å². The molecule has 1 fully saturated rings. The van der Waals surface area contributed by atoms with Crippen molar-refractivity contribution in [2.24, 2.45) is 0 Å². The number of nitriles is 2. The fraction of sp³-hybridized carbons (Fsp3) is 0.273. The highest BCUT2D eigenvalue weighted by Gasteiger charge is 2.31. The predicted octanol–water partition coefficient (Wildman–Crippen LogP) is 3.64. The Bertz CT molecular complexity index is 1520. The molecule has 0 bridgehead atoms. The summed E-state index contributed by atoms with van der Waals surface area (Å²) in [6, 6.07) is 8.12. The number of halogens is 1. The minimum Gasteiger partial charge on any atom is -0.357 e. The molecule has 2 aliphatic rings. The third-order valence-corrected chi connectivity index (χ3v) is 6.53. The van der Waals surface area contributed by atoms with E-state index in [0.717, 1.165) is 29.8 Å². The van der Waals surface area contributed by atoms with Gasteiger partial charge in [0.25, 0.3) is 0 Å². The number of nitrogens with one attached hydrogen (secondary N) is 3. The van der Waals surface area contributed by atoms with Crippen molar-refractivity contribution in [1.29, 1.82) is 10.5 Å². The lowest BCUT2D eigenvalue weighted by Gasteiger charge is -2.26. The van der Waals surface area contributed by atoms with Gasteiger partial charge in [-0.1, -0.05) is 11.6 Å². The Morgan fingerprint density at radius 2 is 2.03 bits per heavy atom. The summed E-state index contributed by atoms with van der Waals surface area (Å²) in [4.78, 5) is 11.2. The normalized spacial score (nSPS) is 16.8. The molecule has 1 saturated carbocycles.